The zero-order valence-electron chi connectivity index (χ0n) is 5.64. The van der Waals surface area contributed by atoms with E-state index in [0.29, 0.717) is 19.6 Å². The van der Waals surface area contributed by atoms with Crippen molar-refractivity contribution in [2.75, 3.05) is 13.2 Å². The van der Waals surface area contributed by atoms with Gasteiger partial charge in [-0.15, -0.1) is 0 Å². The van der Waals surface area contributed by atoms with E-state index in [9.17, 15) is 4.79 Å². The Morgan fingerprint density at radius 1 is 1.78 bits per heavy atom. The van der Waals surface area contributed by atoms with Gasteiger partial charge in [0.15, 0.2) is 0 Å². The molecule has 0 aliphatic rings. The van der Waals surface area contributed by atoms with Crippen molar-refractivity contribution in [3.05, 3.63) is 6.92 Å². The van der Waals surface area contributed by atoms with Crippen LogP contribution >= 0.6 is 0 Å². The number of carbonyl (C=O) groups excluding carboxylic acids is 1. The van der Waals surface area contributed by atoms with Crippen molar-refractivity contribution in [2.45, 2.75) is 13.3 Å². The summed E-state index contributed by atoms with van der Waals surface area (Å²) in [5, 5.41) is 2.49. The van der Waals surface area contributed by atoms with Gasteiger partial charge in [-0.05, 0) is 20.3 Å². The summed E-state index contributed by atoms with van der Waals surface area (Å²) in [4.78, 5) is 10.4. The third kappa shape index (κ3) is 5.14. The van der Waals surface area contributed by atoms with Crippen LogP contribution in [0.25, 0.3) is 0 Å². The fourth-order valence-electron chi connectivity index (χ4n) is 0.360. The van der Waals surface area contributed by atoms with E-state index in [1.54, 1.807) is 0 Å². The highest BCUT2D eigenvalue weighted by molar-refractivity contribution is 5.66. The van der Waals surface area contributed by atoms with Gasteiger partial charge in [0.25, 0.3) is 0 Å². The Morgan fingerprint density at radius 3 is 2.89 bits per heavy atom. The van der Waals surface area contributed by atoms with Crippen LogP contribution in [0.3, 0.4) is 0 Å². The van der Waals surface area contributed by atoms with Crippen molar-refractivity contribution < 1.29 is 9.53 Å². The molecule has 0 fully saturated rings. The molecule has 0 aliphatic carbocycles. The molecule has 0 aromatic rings. The molecule has 0 atom stereocenters. The van der Waals surface area contributed by atoms with Crippen LogP contribution in [0.5, 0.6) is 0 Å². The second-order valence-corrected chi connectivity index (χ2v) is 1.52. The van der Waals surface area contributed by atoms with Gasteiger partial charge in [-0.2, -0.15) is 0 Å². The Labute approximate surface area is 55.4 Å². The maximum atomic E-state index is 10.4. The molecule has 9 heavy (non-hydrogen) atoms. The SMILES string of the molecule is [CH2]CCOC(=O)NCC. The predicted molar refractivity (Wildman–Crippen MR) is 35.0 cm³/mol. The minimum atomic E-state index is -0.360. The molecular formula is C6H12NO2. The second-order valence-electron chi connectivity index (χ2n) is 1.52. The minimum absolute atomic E-state index is 0.360. The second kappa shape index (κ2) is 5.41. The van der Waals surface area contributed by atoms with Gasteiger partial charge in [-0.3, -0.25) is 0 Å². The van der Waals surface area contributed by atoms with E-state index in [0.717, 1.165) is 0 Å². The van der Waals surface area contributed by atoms with Crippen molar-refractivity contribution in [1.82, 2.24) is 5.32 Å². The van der Waals surface area contributed by atoms with Crippen LogP contribution in [0.15, 0.2) is 0 Å². The number of rotatable bonds is 3. The van der Waals surface area contributed by atoms with Crippen LogP contribution in [0, 0.1) is 6.92 Å². The first kappa shape index (κ1) is 8.27. The van der Waals surface area contributed by atoms with Gasteiger partial charge < -0.3 is 10.1 Å². The van der Waals surface area contributed by atoms with Crippen LogP contribution in [-0.4, -0.2) is 19.2 Å². The van der Waals surface area contributed by atoms with Crippen LogP contribution in [0.4, 0.5) is 4.79 Å². The molecule has 1 radical (unpaired) electrons. The number of hydrogen-bond donors (Lipinski definition) is 1. The number of alkyl carbamates (subject to hydrolysis) is 1. The zero-order valence-corrected chi connectivity index (χ0v) is 5.64. The van der Waals surface area contributed by atoms with Gasteiger partial charge >= 0.3 is 6.09 Å². The summed E-state index contributed by atoms with van der Waals surface area (Å²) in [5.74, 6) is 0. The maximum absolute atomic E-state index is 10.4. The summed E-state index contributed by atoms with van der Waals surface area (Å²) in [6, 6.07) is 0. The molecule has 3 nitrogen and oxygen atoms in total. The lowest BCUT2D eigenvalue weighted by molar-refractivity contribution is 0.148. The molecule has 0 aliphatic heterocycles. The van der Waals surface area contributed by atoms with Crippen LogP contribution in [0.1, 0.15) is 13.3 Å². The molecule has 0 bridgehead atoms. The number of hydrogen-bond acceptors (Lipinski definition) is 2. The summed E-state index contributed by atoms with van der Waals surface area (Å²) < 4.78 is 4.62. The van der Waals surface area contributed by atoms with Crippen molar-refractivity contribution in [2.24, 2.45) is 0 Å². The topological polar surface area (TPSA) is 38.3 Å². The van der Waals surface area contributed by atoms with E-state index in [1.165, 1.54) is 0 Å². The Morgan fingerprint density at radius 2 is 2.44 bits per heavy atom. The van der Waals surface area contributed by atoms with E-state index in [2.05, 4.69) is 17.0 Å². The molecule has 0 saturated heterocycles. The zero-order chi connectivity index (χ0) is 7.11. The summed E-state index contributed by atoms with van der Waals surface area (Å²) in [5.41, 5.74) is 0. The Kier molecular flexibility index (Phi) is 4.97. The van der Waals surface area contributed by atoms with Crippen molar-refractivity contribution >= 4 is 6.09 Å². The van der Waals surface area contributed by atoms with Gasteiger partial charge in [0.2, 0.25) is 0 Å². The predicted octanol–water partition coefficient (Wildman–Crippen LogP) is 0.957. The lowest BCUT2D eigenvalue weighted by Gasteiger charge is -2.01. The molecule has 1 amide bonds. The molecule has 0 aromatic carbocycles. The highest BCUT2D eigenvalue weighted by Gasteiger charge is 1.94. The first-order chi connectivity index (χ1) is 4.31. The van der Waals surface area contributed by atoms with Crippen LogP contribution in [-0.2, 0) is 4.74 Å². The smallest absolute Gasteiger partial charge is 0.407 e. The van der Waals surface area contributed by atoms with E-state index >= 15 is 0 Å². The lowest BCUT2D eigenvalue weighted by Crippen LogP contribution is -2.23. The Bertz CT molecular complexity index is 83.1. The molecule has 0 saturated carbocycles. The first-order valence-electron chi connectivity index (χ1n) is 3.01. The molecule has 53 valence electrons. The number of amides is 1. The van der Waals surface area contributed by atoms with Crippen molar-refractivity contribution in [3.63, 3.8) is 0 Å². The van der Waals surface area contributed by atoms with Gasteiger partial charge in [0.1, 0.15) is 0 Å². The van der Waals surface area contributed by atoms with Gasteiger partial charge in [-0.1, -0.05) is 0 Å². The molecule has 0 heterocycles. The summed E-state index contributed by atoms with van der Waals surface area (Å²) >= 11 is 0. The molecule has 1 N–H and O–H groups in total. The van der Waals surface area contributed by atoms with E-state index in [1.807, 2.05) is 6.92 Å². The van der Waals surface area contributed by atoms with E-state index in [4.69, 9.17) is 0 Å². The molecule has 0 rings (SSSR count). The van der Waals surface area contributed by atoms with Crippen molar-refractivity contribution in [3.8, 4) is 0 Å². The van der Waals surface area contributed by atoms with E-state index < -0.39 is 0 Å². The molecule has 0 spiro atoms. The van der Waals surface area contributed by atoms with E-state index in [-0.39, 0.29) is 6.09 Å². The van der Waals surface area contributed by atoms with Gasteiger partial charge in [0.05, 0.1) is 6.61 Å². The lowest BCUT2D eigenvalue weighted by atomic mass is 10.5. The normalized spacial score (nSPS) is 8.67. The van der Waals surface area contributed by atoms with Gasteiger partial charge in [-0.25, -0.2) is 4.79 Å². The first-order valence-corrected chi connectivity index (χ1v) is 3.01. The fraction of sp³-hybridized carbons (Fsp3) is 0.667. The molecule has 0 aromatic heterocycles. The minimum Gasteiger partial charge on any atom is -0.450 e. The molecule has 3 heteroatoms. The number of carbonyl (C=O) groups is 1. The number of ether oxygens (including phenoxy) is 1. The average Bonchev–Trinajstić information content (AvgIpc) is 1.85. The highest BCUT2D eigenvalue weighted by atomic mass is 16.5. The molecule has 0 unspecified atom stereocenters. The summed E-state index contributed by atoms with van der Waals surface area (Å²) in [6.07, 6.45) is 0.262. The highest BCUT2D eigenvalue weighted by Crippen LogP contribution is 1.79. The third-order valence-corrected chi connectivity index (χ3v) is 0.699. The fourth-order valence-corrected chi connectivity index (χ4v) is 0.360. The Balaban J connectivity index is 3.06. The monoisotopic (exact) mass is 130 g/mol. The number of nitrogens with one attached hydrogen (secondary N) is 1. The average molecular weight is 130 g/mol. The third-order valence-electron chi connectivity index (χ3n) is 0.699. The van der Waals surface area contributed by atoms with Crippen molar-refractivity contribution in [1.29, 1.82) is 0 Å². The van der Waals surface area contributed by atoms with Gasteiger partial charge in [0, 0.05) is 6.54 Å². The maximum Gasteiger partial charge on any atom is 0.407 e. The summed E-state index contributed by atoms with van der Waals surface area (Å²) in [7, 11) is 0. The summed E-state index contributed by atoms with van der Waals surface area (Å²) in [6.45, 7) is 6.35. The van der Waals surface area contributed by atoms with Crippen LogP contribution < -0.4 is 5.32 Å². The standard InChI is InChI=1S/C6H12NO2/c1-3-5-9-6(8)7-4-2/h1,3-5H2,2H3,(H,7,8). The molecular weight excluding hydrogens is 118 g/mol. The van der Waals surface area contributed by atoms with Crippen LogP contribution in [0.2, 0.25) is 0 Å². The quantitative estimate of drug-likeness (QED) is 0.617. The Hall–Kier alpha value is -0.730. The largest absolute Gasteiger partial charge is 0.450 e.